The molecule has 0 rings (SSSR count). The molecule has 2 N–H and O–H groups in total. The first kappa shape index (κ1) is 16.9. The van der Waals surface area contributed by atoms with E-state index < -0.39 is 0 Å². The van der Waals surface area contributed by atoms with Crippen molar-refractivity contribution in [3.8, 4) is 0 Å². The van der Waals surface area contributed by atoms with E-state index in [-0.39, 0.29) is 30.2 Å². The summed E-state index contributed by atoms with van der Waals surface area (Å²) in [5, 5.41) is 5.78. The highest BCUT2D eigenvalue weighted by molar-refractivity contribution is 5.89. The highest BCUT2D eigenvalue weighted by Crippen LogP contribution is 2.03. The molecule has 0 atom stereocenters. The van der Waals surface area contributed by atoms with Gasteiger partial charge in [0.15, 0.2) is 0 Å². The highest BCUT2D eigenvalue weighted by Gasteiger charge is 2.09. The van der Waals surface area contributed by atoms with Gasteiger partial charge >= 0.3 is 0 Å². The number of hydrogen-bond acceptors (Lipinski definition) is 5. The van der Waals surface area contributed by atoms with Gasteiger partial charge in [-0.3, -0.25) is 14.4 Å². The molecule has 5 heteroatoms. The van der Waals surface area contributed by atoms with E-state index in [4.69, 9.17) is 0 Å². The molecule has 104 valence electrons. The van der Waals surface area contributed by atoms with Crippen molar-refractivity contribution >= 4 is 17.3 Å². The van der Waals surface area contributed by atoms with Gasteiger partial charge in [-0.25, -0.2) is 0 Å². The standard InChI is InChI=1S/C13H24N2O3/c1-14-9-7-12(17)5-3-11(16)4-6-13(18)8-10-15-2/h14-15H,3-10H2,1-2H3. The summed E-state index contributed by atoms with van der Waals surface area (Å²) in [6, 6.07) is 0. The van der Waals surface area contributed by atoms with Crippen LogP contribution in [-0.4, -0.2) is 44.5 Å². The Hall–Kier alpha value is -1.07. The van der Waals surface area contributed by atoms with E-state index in [1.165, 1.54) is 0 Å². The molecule has 0 aliphatic carbocycles. The number of carbonyl (C=O) groups is 3. The molecule has 0 aromatic heterocycles. The minimum absolute atomic E-state index is 0.00520. The lowest BCUT2D eigenvalue weighted by Crippen LogP contribution is -2.15. The lowest BCUT2D eigenvalue weighted by Gasteiger charge is -2.02. The Balaban J connectivity index is 3.59. The molecular weight excluding hydrogens is 232 g/mol. The fourth-order valence-electron chi connectivity index (χ4n) is 1.46. The Kier molecular flexibility index (Phi) is 10.4. The molecular formula is C13H24N2O3. The SMILES string of the molecule is CNCCC(=O)CCC(=O)CCC(=O)CCNC. The van der Waals surface area contributed by atoms with Gasteiger partial charge in [0, 0.05) is 51.6 Å². The Labute approximate surface area is 109 Å². The molecule has 5 nitrogen and oxygen atoms in total. The number of ketones is 3. The van der Waals surface area contributed by atoms with Crippen LogP contribution < -0.4 is 10.6 Å². The maximum absolute atomic E-state index is 11.5. The van der Waals surface area contributed by atoms with E-state index in [1.807, 2.05) is 0 Å². The van der Waals surface area contributed by atoms with Crippen LogP contribution in [0.4, 0.5) is 0 Å². The van der Waals surface area contributed by atoms with Crippen LogP contribution in [0.3, 0.4) is 0 Å². The summed E-state index contributed by atoms with van der Waals surface area (Å²) in [6.45, 7) is 1.30. The minimum atomic E-state index is 0.00520. The quantitative estimate of drug-likeness (QED) is 0.531. The first-order valence-electron chi connectivity index (χ1n) is 6.44. The second kappa shape index (κ2) is 11.0. The first-order valence-corrected chi connectivity index (χ1v) is 6.44. The van der Waals surface area contributed by atoms with E-state index in [0.717, 1.165) is 0 Å². The predicted octanol–water partition coefficient (Wildman–Crippen LogP) is 0.473. The molecule has 0 saturated carbocycles. The van der Waals surface area contributed by atoms with Crippen LogP contribution in [-0.2, 0) is 14.4 Å². The summed E-state index contributed by atoms with van der Waals surface area (Å²) in [5.74, 6) is 0.198. The largest absolute Gasteiger partial charge is 0.319 e. The molecule has 0 aromatic carbocycles. The molecule has 0 spiro atoms. The van der Waals surface area contributed by atoms with Crippen molar-refractivity contribution < 1.29 is 14.4 Å². The molecule has 0 aliphatic heterocycles. The van der Waals surface area contributed by atoms with Crippen molar-refractivity contribution in [2.24, 2.45) is 0 Å². The van der Waals surface area contributed by atoms with Crippen LogP contribution in [0.1, 0.15) is 38.5 Å². The van der Waals surface area contributed by atoms with Crippen LogP contribution in [0.5, 0.6) is 0 Å². The van der Waals surface area contributed by atoms with Gasteiger partial charge in [0.25, 0.3) is 0 Å². The second-order valence-corrected chi connectivity index (χ2v) is 4.32. The molecule has 0 saturated heterocycles. The molecule has 0 unspecified atom stereocenters. The summed E-state index contributed by atoms with van der Waals surface area (Å²) in [7, 11) is 3.57. The van der Waals surface area contributed by atoms with Gasteiger partial charge in [0.2, 0.25) is 0 Å². The summed E-state index contributed by atoms with van der Waals surface area (Å²) >= 11 is 0. The zero-order valence-corrected chi connectivity index (χ0v) is 11.4. The van der Waals surface area contributed by atoms with Crippen LogP contribution in [0, 0.1) is 0 Å². The van der Waals surface area contributed by atoms with Crippen LogP contribution >= 0.6 is 0 Å². The third-order valence-corrected chi connectivity index (χ3v) is 2.67. The Morgan fingerprint density at radius 3 is 1.17 bits per heavy atom. The Bertz CT molecular complexity index is 251. The zero-order valence-electron chi connectivity index (χ0n) is 11.4. The lowest BCUT2D eigenvalue weighted by molar-refractivity contribution is -0.126. The Morgan fingerprint density at radius 1 is 0.611 bits per heavy atom. The van der Waals surface area contributed by atoms with Crippen molar-refractivity contribution in [3.63, 3.8) is 0 Å². The molecule has 18 heavy (non-hydrogen) atoms. The van der Waals surface area contributed by atoms with E-state index in [2.05, 4.69) is 10.6 Å². The molecule has 0 aromatic rings. The average molecular weight is 256 g/mol. The van der Waals surface area contributed by atoms with Crippen molar-refractivity contribution in [1.29, 1.82) is 0 Å². The third-order valence-electron chi connectivity index (χ3n) is 2.67. The van der Waals surface area contributed by atoms with E-state index in [9.17, 15) is 14.4 Å². The van der Waals surface area contributed by atoms with Gasteiger partial charge in [-0.15, -0.1) is 0 Å². The number of nitrogens with one attached hydrogen (secondary N) is 2. The lowest BCUT2D eigenvalue weighted by atomic mass is 10.0. The van der Waals surface area contributed by atoms with E-state index in [0.29, 0.717) is 38.8 Å². The first-order chi connectivity index (χ1) is 8.60. The summed E-state index contributed by atoms with van der Waals surface area (Å²) < 4.78 is 0. The predicted molar refractivity (Wildman–Crippen MR) is 70.6 cm³/mol. The highest BCUT2D eigenvalue weighted by atomic mass is 16.1. The summed E-state index contributed by atoms with van der Waals surface area (Å²) in [4.78, 5) is 34.1. The number of hydrogen-bond donors (Lipinski definition) is 2. The average Bonchev–Trinajstić information content (AvgIpc) is 2.37. The molecule has 0 bridgehead atoms. The smallest absolute Gasteiger partial charge is 0.134 e. The summed E-state index contributed by atoms with van der Waals surface area (Å²) in [6.07, 6.45) is 2.05. The molecule has 0 fully saturated rings. The van der Waals surface area contributed by atoms with Crippen LogP contribution in [0.25, 0.3) is 0 Å². The van der Waals surface area contributed by atoms with Crippen LogP contribution in [0.2, 0.25) is 0 Å². The maximum Gasteiger partial charge on any atom is 0.134 e. The summed E-state index contributed by atoms with van der Waals surface area (Å²) in [5.41, 5.74) is 0. The fourth-order valence-corrected chi connectivity index (χ4v) is 1.46. The minimum Gasteiger partial charge on any atom is -0.319 e. The van der Waals surface area contributed by atoms with Gasteiger partial charge in [-0.1, -0.05) is 0 Å². The van der Waals surface area contributed by atoms with Crippen molar-refractivity contribution in [3.05, 3.63) is 0 Å². The van der Waals surface area contributed by atoms with Crippen LogP contribution in [0.15, 0.2) is 0 Å². The van der Waals surface area contributed by atoms with E-state index in [1.54, 1.807) is 14.1 Å². The van der Waals surface area contributed by atoms with Crippen molar-refractivity contribution in [2.45, 2.75) is 38.5 Å². The molecule has 0 aliphatic rings. The maximum atomic E-state index is 11.5. The normalized spacial score (nSPS) is 10.3. The van der Waals surface area contributed by atoms with E-state index >= 15 is 0 Å². The molecule has 0 heterocycles. The zero-order chi connectivity index (χ0) is 13.8. The van der Waals surface area contributed by atoms with Gasteiger partial charge in [0.1, 0.15) is 17.3 Å². The monoisotopic (exact) mass is 256 g/mol. The second-order valence-electron chi connectivity index (χ2n) is 4.32. The third kappa shape index (κ3) is 10.1. The topological polar surface area (TPSA) is 75.3 Å². The fraction of sp³-hybridized carbons (Fsp3) is 0.769. The van der Waals surface area contributed by atoms with Gasteiger partial charge in [-0.05, 0) is 14.1 Å². The number of Topliss-reactive ketones (excluding diaryl/α,β-unsaturated/α-hetero) is 3. The molecule has 0 amide bonds. The van der Waals surface area contributed by atoms with Gasteiger partial charge < -0.3 is 10.6 Å². The van der Waals surface area contributed by atoms with Gasteiger partial charge in [0.05, 0.1) is 0 Å². The number of carbonyl (C=O) groups excluding carboxylic acids is 3. The number of rotatable bonds is 12. The van der Waals surface area contributed by atoms with Gasteiger partial charge in [-0.2, -0.15) is 0 Å². The molecule has 0 radical (unpaired) electrons. The van der Waals surface area contributed by atoms with Crippen molar-refractivity contribution in [2.75, 3.05) is 27.2 Å². The van der Waals surface area contributed by atoms with Crippen molar-refractivity contribution in [1.82, 2.24) is 10.6 Å². The Morgan fingerprint density at radius 2 is 0.889 bits per heavy atom.